The van der Waals surface area contributed by atoms with Crippen molar-refractivity contribution < 1.29 is 29.3 Å². The predicted molar refractivity (Wildman–Crippen MR) is 128 cm³/mol. The van der Waals surface area contributed by atoms with E-state index >= 15 is 0 Å². The number of nitrogens with one attached hydrogen (secondary N) is 1. The average Bonchev–Trinajstić information content (AvgIpc) is 3.24. The number of anilines is 1. The number of aliphatic hydroxyl groups is 2. The number of fused-ring (bicyclic) bond motifs is 2. The van der Waals surface area contributed by atoms with Gasteiger partial charge in [-0.05, 0) is 37.5 Å². The van der Waals surface area contributed by atoms with Crippen LogP contribution >= 0.6 is 0 Å². The fraction of sp³-hybridized carbons (Fsp3) is 0.423. The van der Waals surface area contributed by atoms with E-state index in [0.717, 1.165) is 11.1 Å². The highest BCUT2D eigenvalue weighted by Crippen LogP contribution is 2.48. The molecule has 0 saturated heterocycles. The maximum absolute atomic E-state index is 13.9. The molecule has 3 aromatic rings. The Kier molecular flexibility index (Phi) is 6.33. The Hall–Kier alpha value is -3.07. The number of ether oxygens (including phenoxy) is 2. The van der Waals surface area contributed by atoms with Crippen LogP contribution in [0.4, 0.5) is 5.69 Å². The quantitative estimate of drug-likeness (QED) is 0.385. The number of benzene rings is 2. The molecule has 0 fully saturated rings. The Bertz CT molecular complexity index is 1270. The van der Waals surface area contributed by atoms with Crippen LogP contribution in [0.3, 0.4) is 0 Å². The zero-order valence-electron chi connectivity index (χ0n) is 20.1. The van der Waals surface area contributed by atoms with E-state index in [9.17, 15) is 15.0 Å². The van der Waals surface area contributed by atoms with Crippen molar-refractivity contribution in [1.82, 2.24) is 0 Å². The monoisotopic (exact) mass is 469 g/mol. The van der Waals surface area contributed by atoms with Crippen LogP contribution in [0.15, 0.2) is 33.5 Å². The molecule has 1 aromatic heterocycles. The molecule has 2 heterocycles. The highest BCUT2D eigenvalue weighted by molar-refractivity contribution is 5.92. The van der Waals surface area contributed by atoms with Gasteiger partial charge in [0, 0.05) is 29.5 Å². The maximum atomic E-state index is 13.9. The van der Waals surface area contributed by atoms with Crippen LogP contribution in [-0.2, 0) is 19.4 Å². The van der Waals surface area contributed by atoms with Crippen molar-refractivity contribution in [3.05, 3.63) is 62.5 Å². The molecule has 2 aromatic carbocycles. The SMILES string of the molecule is COc1c2c(c(C(C)C)c3oc(CO)c(Cc4ccc(NO)cc4)c(=O)c13)OC(C(C)(C)O)C2. The minimum atomic E-state index is -1.10. The van der Waals surface area contributed by atoms with Crippen LogP contribution < -0.4 is 20.4 Å². The summed E-state index contributed by atoms with van der Waals surface area (Å²) in [6.07, 6.45) is 0.125. The lowest BCUT2D eigenvalue weighted by Gasteiger charge is -2.25. The van der Waals surface area contributed by atoms with Crippen LogP contribution in [0, 0.1) is 0 Å². The first-order valence-electron chi connectivity index (χ1n) is 11.3. The van der Waals surface area contributed by atoms with Gasteiger partial charge in [0.1, 0.15) is 40.9 Å². The lowest BCUT2D eigenvalue weighted by Crippen LogP contribution is -2.39. The fourth-order valence-corrected chi connectivity index (χ4v) is 4.57. The third-order valence-electron chi connectivity index (χ3n) is 6.38. The molecular formula is C26H31NO7. The lowest BCUT2D eigenvalue weighted by atomic mass is 9.91. The van der Waals surface area contributed by atoms with Gasteiger partial charge in [0.05, 0.1) is 18.4 Å². The Balaban J connectivity index is 1.99. The van der Waals surface area contributed by atoms with Gasteiger partial charge in [-0.25, -0.2) is 0 Å². The second-order valence-corrected chi connectivity index (χ2v) is 9.55. The number of aliphatic hydroxyl groups excluding tert-OH is 1. The summed E-state index contributed by atoms with van der Waals surface area (Å²) in [4.78, 5) is 13.9. The van der Waals surface area contributed by atoms with Crippen molar-refractivity contribution in [3.8, 4) is 11.5 Å². The van der Waals surface area contributed by atoms with Gasteiger partial charge in [-0.15, -0.1) is 0 Å². The van der Waals surface area contributed by atoms with Crippen LogP contribution in [-0.4, -0.2) is 34.2 Å². The molecule has 0 spiro atoms. The number of methoxy groups -OCH3 is 1. The normalized spacial score (nSPS) is 15.5. The first-order valence-corrected chi connectivity index (χ1v) is 11.3. The summed E-state index contributed by atoms with van der Waals surface area (Å²) < 4.78 is 18.1. The molecule has 1 aliphatic heterocycles. The molecule has 8 nitrogen and oxygen atoms in total. The largest absolute Gasteiger partial charge is 0.495 e. The molecule has 1 aliphatic rings. The first kappa shape index (κ1) is 24.1. The molecule has 0 saturated carbocycles. The van der Waals surface area contributed by atoms with Crippen LogP contribution in [0.1, 0.15) is 61.6 Å². The van der Waals surface area contributed by atoms with Crippen molar-refractivity contribution >= 4 is 16.7 Å². The van der Waals surface area contributed by atoms with E-state index in [4.69, 9.17) is 19.1 Å². The van der Waals surface area contributed by atoms with E-state index in [1.165, 1.54) is 7.11 Å². The zero-order chi connectivity index (χ0) is 24.8. The van der Waals surface area contributed by atoms with E-state index < -0.39 is 18.3 Å². The summed E-state index contributed by atoms with van der Waals surface area (Å²) in [7, 11) is 1.50. The summed E-state index contributed by atoms with van der Waals surface area (Å²) in [5.74, 6) is 1.07. The molecule has 8 heteroatoms. The van der Waals surface area contributed by atoms with E-state index in [-0.39, 0.29) is 23.5 Å². The Morgan fingerprint density at radius 3 is 2.44 bits per heavy atom. The van der Waals surface area contributed by atoms with E-state index in [1.54, 1.807) is 38.1 Å². The molecular weight excluding hydrogens is 438 g/mol. The highest BCUT2D eigenvalue weighted by atomic mass is 16.5. The summed E-state index contributed by atoms with van der Waals surface area (Å²) >= 11 is 0. The van der Waals surface area contributed by atoms with Gasteiger partial charge >= 0.3 is 0 Å². The summed E-state index contributed by atoms with van der Waals surface area (Å²) in [6.45, 7) is 6.89. The van der Waals surface area contributed by atoms with Crippen molar-refractivity contribution in [1.29, 1.82) is 0 Å². The van der Waals surface area contributed by atoms with Crippen molar-refractivity contribution in [2.45, 2.75) is 64.8 Å². The second-order valence-electron chi connectivity index (χ2n) is 9.55. The van der Waals surface area contributed by atoms with Gasteiger partial charge in [-0.1, -0.05) is 26.0 Å². The number of rotatable bonds is 7. The second kappa shape index (κ2) is 8.94. The fourth-order valence-electron chi connectivity index (χ4n) is 4.57. The van der Waals surface area contributed by atoms with Crippen LogP contribution in [0.25, 0.3) is 11.0 Å². The molecule has 1 unspecified atom stereocenters. The molecule has 0 radical (unpaired) electrons. The van der Waals surface area contributed by atoms with E-state index in [1.807, 2.05) is 13.8 Å². The van der Waals surface area contributed by atoms with E-state index in [0.29, 0.717) is 45.7 Å². The number of hydrogen-bond donors (Lipinski definition) is 4. The third-order valence-corrected chi connectivity index (χ3v) is 6.38. The molecule has 4 N–H and O–H groups in total. The molecule has 4 rings (SSSR count). The standard InChI is InChI=1S/C26H31NO7/c1-13(2)20-24-17(11-19(34-24)26(3,4)30)23(32-5)21-22(29)16(18(12-28)33-25(20)21)10-14-6-8-15(27-31)9-7-14/h6-9,13,19,27-28,30-31H,10-12H2,1-5H3. The van der Waals surface area contributed by atoms with Crippen LogP contribution in [0.5, 0.6) is 11.5 Å². The molecule has 1 atom stereocenters. The van der Waals surface area contributed by atoms with Gasteiger partial charge in [0.15, 0.2) is 5.43 Å². The van der Waals surface area contributed by atoms with Gasteiger partial charge in [0.25, 0.3) is 0 Å². The Morgan fingerprint density at radius 1 is 1.24 bits per heavy atom. The van der Waals surface area contributed by atoms with Crippen molar-refractivity contribution in [2.75, 3.05) is 12.6 Å². The van der Waals surface area contributed by atoms with Gasteiger partial charge in [-0.3, -0.25) is 15.5 Å². The number of hydrogen-bond acceptors (Lipinski definition) is 8. The third kappa shape index (κ3) is 4.02. The van der Waals surface area contributed by atoms with Gasteiger partial charge in [-0.2, -0.15) is 0 Å². The van der Waals surface area contributed by atoms with Gasteiger partial charge < -0.3 is 24.1 Å². The minimum Gasteiger partial charge on any atom is -0.495 e. The summed E-state index contributed by atoms with van der Waals surface area (Å²) in [5, 5.41) is 30.0. The topological polar surface area (TPSA) is 121 Å². The zero-order valence-corrected chi connectivity index (χ0v) is 20.1. The minimum absolute atomic E-state index is 0.0539. The summed E-state index contributed by atoms with van der Waals surface area (Å²) in [6, 6.07) is 6.94. The van der Waals surface area contributed by atoms with Crippen LogP contribution in [0.2, 0.25) is 0 Å². The lowest BCUT2D eigenvalue weighted by molar-refractivity contribution is -0.0233. The first-order chi connectivity index (χ1) is 16.1. The smallest absolute Gasteiger partial charge is 0.200 e. The highest BCUT2D eigenvalue weighted by Gasteiger charge is 2.40. The van der Waals surface area contributed by atoms with E-state index in [2.05, 4.69) is 5.48 Å². The van der Waals surface area contributed by atoms with Crippen molar-refractivity contribution in [2.24, 2.45) is 0 Å². The Labute approximate surface area is 197 Å². The molecule has 0 amide bonds. The molecule has 182 valence electrons. The van der Waals surface area contributed by atoms with Gasteiger partial charge in [0.2, 0.25) is 0 Å². The maximum Gasteiger partial charge on any atom is 0.200 e. The predicted octanol–water partition coefficient (Wildman–Crippen LogP) is 3.88. The average molecular weight is 470 g/mol. The van der Waals surface area contributed by atoms with Crippen molar-refractivity contribution in [3.63, 3.8) is 0 Å². The summed E-state index contributed by atoms with van der Waals surface area (Å²) in [5.41, 5.74) is 4.17. The molecule has 0 bridgehead atoms. The molecule has 0 aliphatic carbocycles. The Morgan fingerprint density at radius 2 is 1.91 bits per heavy atom. The molecule has 34 heavy (non-hydrogen) atoms.